The molecule has 1 atom stereocenters. The van der Waals surface area contributed by atoms with Crippen LogP contribution in [0.3, 0.4) is 0 Å². The Kier molecular flexibility index (Phi) is 5.83. The summed E-state index contributed by atoms with van der Waals surface area (Å²) >= 11 is 1.29. The fraction of sp³-hybridized carbons (Fsp3) is 0.100. The van der Waals surface area contributed by atoms with Crippen molar-refractivity contribution >= 4 is 29.0 Å². The van der Waals surface area contributed by atoms with Crippen LogP contribution in [0.15, 0.2) is 78.0 Å². The fourth-order valence-electron chi connectivity index (χ4n) is 2.54. The molecule has 1 heterocycles. The molecule has 6 nitrogen and oxygen atoms in total. The number of anilines is 1. The van der Waals surface area contributed by atoms with E-state index in [1.165, 1.54) is 17.8 Å². The molecule has 0 spiro atoms. The van der Waals surface area contributed by atoms with E-state index in [1.54, 1.807) is 31.3 Å². The maximum Gasteiger partial charge on any atom is 0.293 e. The van der Waals surface area contributed by atoms with Crippen LogP contribution in [-0.4, -0.2) is 15.8 Å². The number of carbonyl (C=O) groups excluding carboxylic acids is 1. The number of hydrogen-bond donors (Lipinski definition) is 1. The molecule has 3 rings (SSSR count). The summed E-state index contributed by atoms with van der Waals surface area (Å²) in [5.74, 6) is -0.344. The van der Waals surface area contributed by atoms with E-state index in [4.69, 9.17) is 0 Å². The van der Waals surface area contributed by atoms with E-state index < -0.39 is 10.2 Å². The van der Waals surface area contributed by atoms with Gasteiger partial charge in [-0.15, -0.1) is 0 Å². The lowest BCUT2D eigenvalue weighted by Crippen LogP contribution is -2.19. The summed E-state index contributed by atoms with van der Waals surface area (Å²) in [7, 11) is 0. The van der Waals surface area contributed by atoms with Crippen LogP contribution in [0.1, 0.15) is 16.4 Å². The molecule has 0 aliphatic carbocycles. The number of benzene rings is 2. The third-order valence-electron chi connectivity index (χ3n) is 3.82. The summed E-state index contributed by atoms with van der Waals surface area (Å²) in [6, 6.07) is 19.5. The number of hydrogen-bond acceptors (Lipinski definition) is 5. The molecule has 0 unspecified atom stereocenters. The first kappa shape index (κ1) is 18.6. The average Bonchev–Trinajstić information content (AvgIpc) is 2.68. The highest BCUT2D eigenvalue weighted by atomic mass is 32.2. The van der Waals surface area contributed by atoms with Crippen LogP contribution in [0.25, 0.3) is 0 Å². The standard InChI is InChI=1S/C20H17N3O3S/c1-14-10-11-16(17(13-14)23(25)26)22-20(24)19(15-7-3-2-4-8-15)27-18-9-5-6-12-21-18/h2-13,19H,1H3,(H,22,24)/t19-/m1/s1. The Bertz CT molecular complexity index is 949. The number of pyridine rings is 1. The number of nitro groups is 1. The predicted octanol–water partition coefficient (Wildman–Crippen LogP) is 4.77. The molecule has 0 radical (unpaired) electrons. The maximum absolute atomic E-state index is 13.0. The number of amides is 1. The van der Waals surface area contributed by atoms with Crippen LogP contribution in [0, 0.1) is 17.0 Å². The number of nitrogens with zero attached hydrogens (tertiary/aromatic N) is 2. The van der Waals surface area contributed by atoms with Crippen molar-refractivity contribution in [3.63, 3.8) is 0 Å². The van der Waals surface area contributed by atoms with Gasteiger partial charge in [-0.05, 0) is 36.2 Å². The third kappa shape index (κ3) is 4.71. The largest absolute Gasteiger partial charge is 0.319 e. The van der Waals surface area contributed by atoms with Gasteiger partial charge in [0, 0.05) is 12.3 Å². The molecule has 0 fully saturated rings. The molecule has 2 aromatic carbocycles. The van der Waals surface area contributed by atoms with Crippen molar-refractivity contribution in [1.29, 1.82) is 0 Å². The van der Waals surface area contributed by atoms with Crippen molar-refractivity contribution < 1.29 is 9.72 Å². The zero-order valence-electron chi connectivity index (χ0n) is 14.5. The Labute approximate surface area is 160 Å². The van der Waals surface area contributed by atoms with Crippen molar-refractivity contribution in [2.24, 2.45) is 0 Å². The quantitative estimate of drug-likeness (QED) is 0.379. The van der Waals surface area contributed by atoms with E-state index in [1.807, 2.05) is 42.5 Å². The van der Waals surface area contributed by atoms with Gasteiger partial charge in [0.1, 0.15) is 10.9 Å². The molecular weight excluding hydrogens is 362 g/mol. The second-order valence-electron chi connectivity index (χ2n) is 5.84. The Morgan fingerprint density at radius 1 is 1.11 bits per heavy atom. The van der Waals surface area contributed by atoms with Crippen molar-refractivity contribution in [3.05, 3.63) is 94.2 Å². The average molecular weight is 379 g/mol. The topological polar surface area (TPSA) is 85.1 Å². The van der Waals surface area contributed by atoms with E-state index in [-0.39, 0.29) is 17.3 Å². The second kappa shape index (κ2) is 8.46. The van der Waals surface area contributed by atoms with Gasteiger partial charge >= 0.3 is 0 Å². The SMILES string of the molecule is Cc1ccc(NC(=O)[C@H](Sc2ccccn2)c2ccccc2)c([N+](=O)[O-])c1. The first-order chi connectivity index (χ1) is 13.0. The molecule has 1 aromatic heterocycles. The van der Waals surface area contributed by atoms with Crippen molar-refractivity contribution in [3.8, 4) is 0 Å². The summed E-state index contributed by atoms with van der Waals surface area (Å²) in [6.07, 6.45) is 1.66. The smallest absolute Gasteiger partial charge is 0.293 e. The van der Waals surface area contributed by atoms with E-state index >= 15 is 0 Å². The Hall–Kier alpha value is -3.19. The molecule has 1 N–H and O–H groups in total. The van der Waals surface area contributed by atoms with Crippen LogP contribution in [0.5, 0.6) is 0 Å². The normalized spacial score (nSPS) is 11.6. The van der Waals surface area contributed by atoms with Crippen LogP contribution in [0.2, 0.25) is 0 Å². The number of aryl methyl sites for hydroxylation is 1. The summed E-state index contributed by atoms with van der Waals surface area (Å²) in [5.41, 5.74) is 1.60. The fourth-order valence-corrected chi connectivity index (χ4v) is 3.51. The highest BCUT2D eigenvalue weighted by Gasteiger charge is 2.25. The molecule has 27 heavy (non-hydrogen) atoms. The highest BCUT2D eigenvalue weighted by molar-refractivity contribution is 8.00. The van der Waals surface area contributed by atoms with E-state index in [0.717, 1.165) is 11.1 Å². The number of thioether (sulfide) groups is 1. The van der Waals surface area contributed by atoms with Crippen LogP contribution in [-0.2, 0) is 4.79 Å². The number of nitrogens with one attached hydrogen (secondary N) is 1. The molecule has 0 aliphatic heterocycles. The molecular formula is C20H17N3O3S. The number of rotatable bonds is 6. The van der Waals surface area contributed by atoms with Gasteiger partial charge in [0.25, 0.3) is 5.69 Å². The first-order valence-corrected chi connectivity index (χ1v) is 9.11. The van der Waals surface area contributed by atoms with Crippen LogP contribution in [0.4, 0.5) is 11.4 Å². The highest BCUT2D eigenvalue weighted by Crippen LogP contribution is 2.36. The lowest BCUT2D eigenvalue weighted by Gasteiger charge is -2.16. The summed E-state index contributed by atoms with van der Waals surface area (Å²) in [4.78, 5) is 28.1. The molecule has 1 amide bonds. The van der Waals surface area contributed by atoms with Crippen LogP contribution >= 0.6 is 11.8 Å². The zero-order chi connectivity index (χ0) is 19.2. The minimum absolute atomic E-state index is 0.127. The van der Waals surface area contributed by atoms with Gasteiger partial charge in [-0.2, -0.15) is 0 Å². The van der Waals surface area contributed by atoms with Gasteiger partial charge < -0.3 is 5.32 Å². The first-order valence-electron chi connectivity index (χ1n) is 8.23. The molecule has 0 aliphatic rings. The minimum Gasteiger partial charge on any atom is -0.319 e. The number of aromatic nitrogens is 1. The molecule has 0 bridgehead atoms. The van der Waals surface area contributed by atoms with Crippen LogP contribution < -0.4 is 5.32 Å². The monoisotopic (exact) mass is 379 g/mol. The van der Waals surface area contributed by atoms with Crippen molar-refractivity contribution in [1.82, 2.24) is 4.98 Å². The molecule has 3 aromatic rings. The van der Waals surface area contributed by atoms with Gasteiger partial charge in [-0.1, -0.05) is 54.2 Å². The van der Waals surface area contributed by atoms with E-state index in [9.17, 15) is 14.9 Å². The molecule has 0 saturated heterocycles. The Balaban J connectivity index is 1.91. The van der Waals surface area contributed by atoms with Gasteiger partial charge in [0.2, 0.25) is 5.91 Å². The third-order valence-corrected chi connectivity index (χ3v) is 5.03. The lowest BCUT2D eigenvalue weighted by molar-refractivity contribution is -0.384. The van der Waals surface area contributed by atoms with Gasteiger partial charge in [0.05, 0.1) is 9.95 Å². The molecule has 0 saturated carbocycles. The van der Waals surface area contributed by atoms with Crippen molar-refractivity contribution in [2.75, 3.05) is 5.32 Å². The van der Waals surface area contributed by atoms with Gasteiger partial charge in [0.15, 0.2) is 0 Å². The second-order valence-corrected chi connectivity index (χ2v) is 6.97. The maximum atomic E-state index is 13.0. The Morgan fingerprint density at radius 3 is 2.52 bits per heavy atom. The summed E-state index contributed by atoms with van der Waals surface area (Å²) in [6.45, 7) is 1.77. The molecule has 7 heteroatoms. The van der Waals surface area contributed by atoms with Crippen molar-refractivity contribution in [2.45, 2.75) is 17.2 Å². The number of nitro benzene ring substituents is 1. The van der Waals surface area contributed by atoms with E-state index in [2.05, 4.69) is 10.3 Å². The van der Waals surface area contributed by atoms with Gasteiger partial charge in [-0.25, -0.2) is 4.98 Å². The Morgan fingerprint density at radius 2 is 1.85 bits per heavy atom. The minimum atomic E-state index is -0.595. The summed E-state index contributed by atoms with van der Waals surface area (Å²) in [5, 5.41) is 14.1. The van der Waals surface area contributed by atoms with E-state index in [0.29, 0.717) is 5.03 Å². The zero-order valence-corrected chi connectivity index (χ0v) is 15.3. The molecule has 136 valence electrons. The predicted molar refractivity (Wildman–Crippen MR) is 106 cm³/mol. The summed E-state index contributed by atoms with van der Waals surface area (Å²) < 4.78 is 0. The van der Waals surface area contributed by atoms with Gasteiger partial charge in [-0.3, -0.25) is 14.9 Å². The lowest BCUT2D eigenvalue weighted by atomic mass is 10.1. The number of carbonyl (C=O) groups is 1.